The molecular formula is C10H8N2O. The van der Waals surface area contributed by atoms with Crippen LogP contribution < -0.4 is 5.73 Å². The predicted octanol–water partition coefficient (Wildman–Crippen LogP) is 1.63. The Kier molecular flexibility index (Phi) is 1.70. The first-order chi connectivity index (χ1) is 6.31. The molecule has 0 radical (unpaired) electrons. The molecule has 0 aliphatic heterocycles. The van der Waals surface area contributed by atoms with Gasteiger partial charge in [0.1, 0.15) is 5.69 Å². The van der Waals surface area contributed by atoms with Crippen LogP contribution >= 0.6 is 0 Å². The van der Waals surface area contributed by atoms with Crippen molar-refractivity contribution in [1.82, 2.24) is 4.98 Å². The number of aldehydes is 1. The summed E-state index contributed by atoms with van der Waals surface area (Å²) in [4.78, 5) is 14.6. The highest BCUT2D eigenvalue weighted by Gasteiger charge is 1.99. The Labute approximate surface area is 75.2 Å². The van der Waals surface area contributed by atoms with Crippen molar-refractivity contribution in [3.63, 3.8) is 0 Å². The van der Waals surface area contributed by atoms with Crippen molar-refractivity contribution in [2.45, 2.75) is 0 Å². The van der Waals surface area contributed by atoms with Gasteiger partial charge < -0.3 is 5.73 Å². The lowest BCUT2D eigenvalue weighted by Crippen LogP contribution is -1.92. The van der Waals surface area contributed by atoms with E-state index in [1.165, 1.54) is 0 Å². The third-order valence-corrected chi connectivity index (χ3v) is 1.89. The van der Waals surface area contributed by atoms with E-state index in [9.17, 15) is 4.79 Å². The number of carbonyl (C=O) groups excluding carboxylic acids is 1. The first-order valence-corrected chi connectivity index (χ1v) is 3.91. The molecule has 0 spiro atoms. The van der Waals surface area contributed by atoms with Gasteiger partial charge in [0.2, 0.25) is 0 Å². The molecule has 0 saturated heterocycles. The molecule has 2 N–H and O–H groups in total. The SMILES string of the molecule is Nc1cccc2ccc(C=O)nc12. The van der Waals surface area contributed by atoms with Crippen molar-refractivity contribution in [2.24, 2.45) is 0 Å². The summed E-state index contributed by atoms with van der Waals surface area (Å²) in [5.74, 6) is 0. The molecule has 1 aromatic carbocycles. The molecule has 2 aromatic rings. The van der Waals surface area contributed by atoms with E-state index in [2.05, 4.69) is 4.98 Å². The summed E-state index contributed by atoms with van der Waals surface area (Å²) in [6.45, 7) is 0. The largest absolute Gasteiger partial charge is 0.397 e. The van der Waals surface area contributed by atoms with Crippen LogP contribution in [0.2, 0.25) is 0 Å². The molecule has 64 valence electrons. The van der Waals surface area contributed by atoms with Crippen molar-refractivity contribution in [3.8, 4) is 0 Å². The van der Waals surface area contributed by atoms with Crippen LogP contribution in [0.5, 0.6) is 0 Å². The van der Waals surface area contributed by atoms with Crippen LogP contribution in [-0.4, -0.2) is 11.3 Å². The van der Waals surface area contributed by atoms with Gasteiger partial charge in [-0.25, -0.2) is 4.98 Å². The Morgan fingerprint density at radius 1 is 1.23 bits per heavy atom. The normalized spacial score (nSPS) is 10.2. The number of anilines is 1. The summed E-state index contributed by atoms with van der Waals surface area (Å²) >= 11 is 0. The number of nitrogens with zero attached hydrogens (tertiary/aromatic N) is 1. The minimum atomic E-state index is 0.408. The summed E-state index contributed by atoms with van der Waals surface area (Å²) < 4.78 is 0. The lowest BCUT2D eigenvalue weighted by Gasteiger charge is -2.00. The van der Waals surface area contributed by atoms with E-state index in [4.69, 9.17) is 5.73 Å². The molecular weight excluding hydrogens is 164 g/mol. The molecule has 1 aromatic heterocycles. The fourth-order valence-electron chi connectivity index (χ4n) is 1.25. The highest BCUT2D eigenvalue weighted by Crippen LogP contribution is 2.17. The van der Waals surface area contributed by atoms with Gasteiger partial charge >= 0.3 is 0 Å². The van der Waals surface area contributed by atoms with Crippen LogP contribution in [0.4, 0.5) is 5.69 Å². The van der Waals surface area contributed by atoms with Crippen molar-refractivity contribution < 1.29 is 4.79 Å². The summed E-state index contributed by atoms with van der Waals surface area (Å²) in [6.07, 6.45) is 0.714. The molecule has 0 fully saturated rings. The Morgan fingerprint density at radius 2 is 2.08 bits per heavy atom. The summed E-state index contributed by atoms with van der Waals surface area (Å²) in [5.41, 5.74) is 7.39. The monoisotopic (exact) mass is 172 g/mol. The van der Waals surface area contributed by atoms with Gasteiger partial charge in [-0.05, 0) is 12.1 Å². The van der Waals surface area contributed by atoms with Crippen LogP contribution in [-0.2, 0) is 0 Å². The van der Waals surface area contributed by atoms with Crippen LogP contribution in [0.15, 0.2) is 30.3 Å². The number of carbonyl (C=O) groups is 1. The highest BCUT2D eigenvalue weighted by atomic mass is 16.1. The van der Waals surface area contributed by atoms with Gasteiger partial charge in [0.25, 0.3) is 0 Å². The first-order valence-electron chi connectivity index (χ1n) is 3.91. The molecule has 0 aliphatic carbocycles. The lowest BCUT2D eigenvalue weighted by molar-refractivity contribution is 0.111. The van der Waals surface area contributed by atoms with Gasteiger partial charge in [-0.3, -0.25) is 4.79 Å². The quantitative estimate of drug-likeness (QED) is 0.525. The fraction of sp³-hybridized carbons (Fsp3) is 0. The van der Waals surface area contributed by atoms with Gasteiger partial charge in [0, 0.05) is 5.39 Å². The second-order valence-electron chi connectivity index (χ2n) is 2.77. The second kappa shape index (κ2) is 2.86. The molecule has 2 rings (SSSR count). The number of nitrogens with two attached hydrogens (primary N) is 1. The summed E-state index contributed by atoms with van der Waals surface area (Å²) in [6, 6.07) is 9.05. The van der Waals surface area contributed by atoms with Crippen molar-refractivity contribution in [2.75, 3.05) is 5.73 Å². The molecule has 0 amide bonds. The number of rotatable bonds is 1. The zero-order chi connectivity index (χ0) is 9.26. The Morgan fingerprint density at radius 3 is 2.85 bits per heavy atom. The van der Waals surface area contributed by atoms with E-state index < -0.39 is 0 Å². The van der Waals surface area contributed by atoms with E-state index in [1.807, 2.05) is 18.2 Å². The smallest absolute Gasteiger partial charge is 0.168 e. The maximum atomic E-state index is 10.5. The molecule has 0 bridgehead atoms. The predicted molar refractivity (Wildman–Crippen MR) is 51.5 cm³/mol. The van der Waals surface area contributed by atoms with Crippen LogP contribution in [0, 0.1) is 0 Å². The fourth-order valence-corrected chi connectivity index (χ4v) is 1.25. The lowest BCUT2D eigenvalue weighted by atomic mass is 10.2. The topological polar surface area (TPSA) is 56.0 Å². The molecule has 3 nitrogen and oxygen atoms in total. The number of nitrogen functional groups attached to an aromatic ring is 1. The summed E-state index contributed by atoms with van der Waals surface area (Å²) in [7, 11) is 0. The maximum absolute atomic E-state index is 10.5. The number of fused-ring (bicyclic) bond motifs is 1. The van der Waals surface area contributed by atoms with Crippen molar-refractivity contribution in [1.29, 1.82) is 0 Å². The zero-order valence-electron chi connectivity index (χ0n) is 6.90. The van der Waals surface area contributed by atoms with E-state index in [0.717, 1.165) is 5.39 Å². The van der Waals surface area contributed by atoms with Crippen LogP contribution in [0.3, 0.4) is 0 Å². The number of para-hydroxylation sites is 1. The Hall–Kier alpha value is -1.90. The third kappa shape index (κ3) is 1.24. The Bertz CT molecular complexity index is 465. The third-order valence-electron chi connectivity index (χ3n) is 1.89. The van der Waals surface area contributed by atoms with Crippen molar-refractivity contribution >= 4 is 22.9 Å². The minimum Gasteiger partial charge on any atom is -0.397 e. The van der Waals surface area contributed by atoms with Gasteiger partial charge in [0.05, 0.1) is 11.2 Å². The molecule has 0 aliphatic rings. The number of pyridine rings is 1. The van der Waals surface area contributed by atoms with Gasteiger partial charge in [-0.2, -0.15) is 0 Å². The highest BCUT2D eigenvalue weighted by molar-refractivity contribution is 5.91. The van der Waals surface area contributed by atoms with E-state index in [1.54, 1.807) is 12.1 Å². The van der Waals surface area contributed by atoms with Crippen LogP contribution in [0.25, 0.3) is 10.9 Å². The molecule has 3 heteroatoms. The van der Waals surface area contributed by atoms with Crippen molar-refractivity contribution in [3.05, 3.63) is 36.0 Å². The van der Waals surface area contributed by atoms with E-state index in [-0.39, 0.29) is 0 Å². The average Bonchev–Trinajstić information content (AvgIpc) is 2.18. The molecule has 0 unspecified atom stereocenters. The molecule has 0 saturated carbocycles. The maximum Gasteiger partial charge on any atom is 0.168 e. The number of aromatic nitrogens is 1. The number of hydrogen-bond donors (Lipinski definition) is 1. The van der Waals surface area contributed by atoms with Gasteiger partial charge in [-0.15, -0.1) is 0 Å². The summed E-state index contributed by atoms with van der Waals surface area (Å²) in [5, 5.41) is 0.950. The standard InChI is InChI=1S/C10H8N2O/c11-9-3-1-2-7-4-5-8(6-13)12-10(7)9/h1-6H,11H2. The van der Waals surface area contributed by atoms with E-state index in [0.29, 0.717) is 23.2 Å². The zero-order valence-corrected chi connectivity index (χ0v) is 6.90. The van der Waals surface area contributed by atoms with Crippen LogP contribution in [0.1, 0.15) is 10.5 Å². The number of hydrogen-bond acceptors (Lipinski definition) is 3. The second-order valence-corrected chi connectivity index (χ2v) is 2.77. The first kappa shape index (κ1) is 7.73. The molecule has 1 heterocycles. The Balaban J connectivity index is 2.81. The minimum absolute atomic E-state index is 0.408. The van der Waals surface area contributed by atoms with Gasteiger partial charge in [0.15, 0.2) is 6.29 Å². The molecule has 0 atom stereocenters. The van der Waals surface area contributed by atoms with E-state index >= 15 is 0 Å². The number of benzene rings is 1. The molecule has 13 heavy (non-hydrogen) atoms. The average molecular weight is 172 g/mol. The van der Waals surface area contributed by atoms with Gasteiger partial charge in [-0.1, -0.05) is 18.2 Å².